The van der Waals surface area contributed by atoms with Gasteiger partial charge in [-0.2, -0.15) is 0 Å². The number of halogens is 2. The third-order valence-corrected chi connectivity index (χ3v) is 5.08. The molecule has 1 aliphatic carbocycles. The Morgan fingerprint density at radius 3 is 2.55 bits per heavy atom. The van der Waals surface area contributed by atoms with E-state index in [-0.39, 0.29) is 11.2 Å². The number of anilines is 2. The second kappa shape index (κ2) is 9.04. The van der Waals surface area contributed by atoms with E-state index in [1.807, 2.05) is 37.3 Å². The molecular weight excluding hydrogens is 426 g/mol. The number of H-pyrrole nitrogens is 1. The molecule has 0 unspecified atom stereocenters. The monoisotopic (exact) mass is 446 g/mol. The van der Waals surface area contributed by atoms with Gasteiger partial charge in [-0.05, 0) is 49.7 Å². The molecule has 1 aliphatic heterocycles. The number of aliphatic imine (C=N–C) groups is 1. The van der Waals surface area contributed by atoms with Crippen LogP contribution in [-0.2, 0) is 0 Å². The van der Waals surface area contributed by atoms with Crippen LogP contribution in [-0.4, -0.2) is 16.7 Å². The molecular formula is C25H20F2N4O2. The van der Waals surface area contributed by atoms with Gasteiger partial charge in [-0.1, -0.05) is 30.3 Å². The van der Waals surface area contributed by atoms with E-state index in [0.717, 1.165) is 23.3 Å². The molecule has 166 valence electrons. The van der Waals surface area contributed by atoms with E-state index in [0.29, 0.717) is 34.4 Å². The van der Waals surface area contributed by atoms with Crippen LogP contribution < -0.4 is 16.2 Å². The highest BCUT2D eigenvalue weighted by atomic mass is 19.1. The Morgan fingerprint density at radius 1 is 0.970 bits per heavy atom. The van der Waals surface area contributed by atoms with Crippen molar-refractivity contribution in [3.8, 4) is 11.3 Å². The standard InChI is InChI=1S/C25H20F2N4O2/c1-14-8-10-17(29-25(33)31-21-11-9-16(26)12-19(21)27)13-22(14)28-15(2)23-18-6-4-3-5-7-20(18)30-24(23)32/h3-13H,1-2H3,(H,30,32)(H2,29,31,33)/b28-15+. The minimum Gasteiger partial charge on any atom is -0.321 e. The van der Waals surface area contributed by atoms with Crippen molar-refractivity contribution in [3.05, 3.63) is 99.8 Å². The number of carbonyl (C=O) groups excluding carboxylic acids is 1. The van der Waals surface area contributed by atoms with Crippen LogP contribution in [0.3, 0.4) is 0 Å². The predicted octanol–water partition coefficient (Wildman–Crippen LogP) is 5.85. The van der Waals surface area contributed by atoms with Crippen molar-refractivity contribution in [3.63, 3.8) is 0 Å². The first kappa shape index (κ1) is 21.9. The molecule has 0 atom stereocenters. The summed E-state index contributed by atoms with van der Waals surface area (Å²) in [6, 6.07) is 16.5. The van der Waals surface area contributed by atoms with Crippen molar-refractivity contribution < 1.29 is 13.6 Å². The first-order valence-corrected chi connectivity index (χ1v) is 10.1. The Balaban J connectivity index is 1.59. The Kier molecular flexibility index (Phi) is 5.99. The van der Waals surface area contributed by atoms with E-state index in [4.69, 9.17) is 0 Å². The van der Waals surface area contributed by atoms with Crippen molar-refractivity contribution in [2.45, 2.75) is 13.8 Å². The number of amides is 2. The van der Waals surface area contributed by atoms with Crippen molar-refractivity contribution in [1.29, 1.82) is 0 Å². The van der Waals surface area contributed by atoms with Gasteiger partial charge < -0.3 is 15.6 Å². The van der Waals surface area contributed by atoms with Crippen LogP contribution in [0.2, 0.25) is 0 Å². The van der Waals surface area contributed by atoms with E-state index in [1.165, 1.54) is 0 Å². The van der Waals surface area contributed by atoms with Gasteiger partial charge in [-0.25, -0.2) is 13.6 Å². The number of rotatable bonds is 4. The molecule has 4 rings (SSSR count). The van der Waals surface area contributed by atoms with Crippen LogP contribution in [0.4, 0.5) is 30.6 Å². The van der Waals surface area contributed by atoms with Gasteiger partial charge in [0.25, 0.3) is 5.56 Å². The lowest BCUT2D eigenvalue weighted by Gasteiger charge is -2.10. The predicted molar refractivity (Wildman–Crippen MR) is 126 cm³/mol. The fourth-order valence-corrected chi connectivity index (χ4v) is 3.46. The number of fused-ring (bicyclic) bond motifs is 1. The largest absolute Gasteiger partial charge is 0.323 e. The number of nitrogens with zero attached hydrogens (tertiary/aromatic N) is 1. The summed E-state index contributed by atoms with van der Waals surface area (Å²) in [6.07, 6.45) is 0. The molecule has 8 heteroatoms. The maximum absolute atomic E-state index is 13.8. The average molecular weight is 446 g/mol. The summed E-state index contributed by atoms with van der Waals surface area (Å²) in [5.74, 6) is -1.62. The molecule has 33 heavy (non-hydrogen) atoms. The van der Waals surface area contributed by atoms with E-state index in [9.17, 15) is 18.4 Å². The number of aromatic nitrogens is 1. The maximum atomic E-state index is 13.8. The molecule has 0 aromatic heterocycles. The summed E-state index contributed by atoms with van der Waals surface area (Å²) in [4.78, 5) is 32.3. The molecule has 2 amide bonds. The number of aryl methyl sites for hydroxylation is 1. The molecule has 0 saturated heterocycles. The highest BCUT2D eigenvalue weighted by Gasteiger charge is 2.16. The number of hydrogen-bond acceptors (Lipinski definition) is 3. The molecule has 2 aromatic carbocycles. The average Bonchev–Trinajstić information content (AvgIpc) is 2.91. The van der Waals surface area contributed by atoms with Crippen LogP contribution in [0.1, 0.15) is 18.1 Å². The maximum Gasteiger partial charge on any atom is 0.323 e. The zero-order valence-corrected chi connectivity index (χ0v) is 17.9. The molecule has 0 spiro atoms. The van der Waals surface area contributed by atoms with Gasteiger partial charge in [0.05, 0.1) is 22.6 Å². The lowest BCUT2D eigenvalue weighted by molar-refractivity contribution is 0.262. The van der Waals surface area contributed by atoms with Gasteiger partial charge in [-0.3, -0.25) is 9.79 Å². The van der Waals surface area contributed by atoms with Crippen LogP contribution in [0.25, 0.3) is 11.3 Å². The molecule has 1 heterocycles. The zero-order valence-electron chi connectivity index (χ0n) is 17.9. The molecule has 2 aliphatic rings. The normalized spacial score (nSPS) is 11.5. The first-order valence-electron chi connectivity index (χ1n) is 10.1. The third-order valence-electron chi connectivity index (χ3n) is 5.08. The van der Waals surface area contributed by atoms with Gasteiger partial charge >= 0.3 is 6.03 Å². The summed E-state index contributed by atoms with van der Waals surface area (Å²) < 4.78 is 26.8. The Bertz CT molecular complexity index is 1410. The quantitative estimate of drug-likeness (QED) is 0.344. The summed E-state index contributed by atoms with van der Waals surface area (Å²) in [7, 11) is 0. The molecule has 2 aromatic rings. The topological polar surface area (TPSA) is 86.3 Å². The molecule has 0 bridgehead atoms. The number of urea groups is 1. The van der Waals surface area contributed by atoms with Crippen molar-refractivity contribution >= 4 is 28.8 Å². The Morgan fingerprint density at radius 2 is 1.76 bits per heavy atom. The zero-order chi connectivity index (χ0) is 23.5. The van der Waals surface area contributed by atoms with E-state index in [1.54, 1.807) is 25.1 Å². The number of benzene rings is 2. The van der Waals surface area contributed by atoms with Gasteiger partial charge in [0.1, 0.15) is 11.6 Å². The molecule has 0 fully saturated rings. The van der Waals surface area contributed by atoms with E-state index >= 15 is 0 Å². The van der Waals surface area contributed by atoms with Gasteiger partial charge in [0, 0.05) is 23.0 Å². The van der Waals surface area contributed by atoms with Crippen molar-refractivity contribution in [2.75, 3.05) is 10.6 Å². The van der Waals surface area contributed by atoms with Gasteiger partial charge in [0.15, 0.2) is 0 Å². The lowest BCUT2D eigenvalue weighted by atomic mass is 10.1. The summed E-state index contributed by atoms with van der Waals surface area (Å²) in [5.41, 5.74) is 3.91. The van der Waals surface area contributed by atoms with Crippen LogP contribution in [0.5, 0.6) is 0 Å². The summed E-state index contributed by atoms with van der Waals surface area (Å²) in [5, 5.41) is 4.95. The fraction of sp³-hybridized carbons (Fsp3) is 0.0800. The van der Waals surface area contributed by atoms with Crippen molar-refractivity contribution in [2.24, 2.45) is 4.99 Å². The van der Waals surface area contributed by atoms with Gasteiger partial charge in [-0.15, -0.1) is 0 Å². The number of carbonyl (C=O) groups is 1. The minimum atomic E-state index is -0.879. The Labute approximate surface area is 188 Å². The van der Waals surface area contributed by atoms with E-state index < -0.39 is 17.7 Å². The lowest BCUT2D eigenvalue weighted by Crippen LogP contribution is -2.20. The Hall–Kier alpha value is -4.33. The first-order chi connectivity index (χ1) is 15.8. The summed E-state index contributed by atoms with van der Waals surface area (Å²) >= 11 is 0. The minimum absolute atomic E-state index is 0.148. The fourth-order valence-electron chi connectivity index (χ4n) is 3.46. The highest BCUT2D eigenvalue weighted by Crippen LogP contribution is 2.27. The molecule has 0 radical (unpaired) electrons. The van der Waals surface area contributed by atoms with Crippen LogP contribution >= 0.6 is 0 Å². The molecule has 0 saturated carbocycles. The highest BCUT2D eigenvalue weighted by molar-refractivity contribution is 6.06. The summed E-state index contributed by atoms with van der Waals surface area (Å²) in [6.45, 7) is 3.61. The third kappa shape index (κ3) is 4.79. The van der Waals surface area contributed by atoms with Crippen LogP contribution in [0, 0.1) is 18.6 Å². The second-order valence-corrected chi connectivity index (χ2v) is 7.47. The van der Waals surface area contributed by atoms with E-state index in [2.05, 4.69) is 20.6 Å². The SMILES string of the molecule is C/C(=N\c1cc(NC(=O)Nc2ccc(F)cc2F)ccc1C)c1c2cccccc-2[nH]c1=O. The number of hydrogen-bond donors (Lipinski definition) is 3. The smallest absolute Gasteiger partial charge is 0.321 e. The molecule has 6 nitrogen and oxygen atoms in total. The van der Waals surface area contributed by atoms with Gasteiger partial charge in [0.2, 0.25) is 0 Å². The molecule has 3 N–H and O–H groups in total. The van der Waals surface area contributed by atoms with Crippen LogP contribution in [0.15, 0.2) is 76.5 Å². The van der Waals surface area contributed by atoms with Crippen molar-refractivity contribution in [1.82, 2.24) is 4.98 Å². The second-order valence-electron chi connectivity index (χ2n) is 7.47. The number of aromatic amines is 1. The number of nitrogens with one attached hydrogen (secondary N) is 3.